The average Bonchev–Trinajstić information content (AvgIpc) is 2.93. The van der Waals surface area contributed by atoms with E-state index in [1.807, 2.05) is 36.4 Å². The van der Waals surface area contributed by atoms with Gasteiger partial charge in [0, 0.05) is 11.1 Å². The van der Waals surface area contributed by atoms with Crippen LogP contribution in [0, 0.1) is 5.82 Å². The number of nitrogens with one attached hydrogen (secondary N) is 1. The van der Waals surface area contributed by atoms with Crippen LogP contribution >= 0.6 is 0 Å². The maximum atomic E-state index is 14.1. The molecule has 3 rings (SSSR count). The fourth-order valence-electron chi connectivity index (χ4n) is 1.86. The van der Waals surface area contributed by atoms with Crippen LogP contribution in [0.5, 0.6) is 0 Å². The Hall–Kier alpha value is -2.49. The van der Waals surface area contributed by atoms with E-state index in [4.69, 9.17) is 0 Å². The molecule has 0 unspecified atom stereocenters. The molecule has 88 valence electrons. The van der Waals surface area contributed by atoms with Gasteiger partial charge >= 0.3 is 0 Å². The summed E-state index contributed by atoms with van der Waals surface area (Å²) in [7, 11) is 0. The van der Waals surface area contributed by atoms with Crippen molar-refractivity contribution >= 4 is 0 Å². The number of rotatable bonds is 2. The molecule has 2 aromatic carbocycles. The van der Waals surface area contributed by atoms with Gasteiger partial charge in [0.1, 0.15) is 12.1 Å². The minimum Gasteiger partial charge on any atom is -0.259 e. The van der Waals surface area contributed by atoms with E-state index in [9.17, 15) is 4.39 Å². The van der Waals surface area contributed by atoms with Crippen molar-refractivity contribution in [3.8, 4) is 22.5 Å². The van der Waals surface area contributed by atoms with Gasteiger partial charge in [-0.3, -0.25) is 5.10 Å². The Balaban J connectivity index is 2.05. The van der Waals surface area contributed by atoms with E-state index in [1.165, 1.54) is 12.4 Å². The van der Waals surface area contributed by atoms with Crippen molar-refractivity contribution in [2.75, 3.05) is 0 Å². The minimum absolute atomic E-state index is 0.268. The standard InChI is InChI=1S/C14H10FN3/c15-13-8-11(14-16-9-17-18-14)6-7-12(13)10-4-2-1-3-5-10/h1-9H,(H,16,17,18). The Kier molecular flexibility index (Phi) is 2.61. The Morgan fingerprint density at radius 1 is 0.944 bits per heavy atom. The molecule has 1 heterocycles. The second-order valence-electron chi connectivity index (χ2n) is 3.89. The number of H-pyrrole nitrogens is 1. The molecule has 3 aromatic rings. The number of hydrogen-bond donors (Lipinski definition) is 1. The van der Waals surface area contributed by atoms with Crippen LogP contribution in [0.2, 0.25) is 0 Å². The summed E-state index contributed by atoms with van der Waals surface area (Å²) in [6, 6.07) is 14.5. The van der Waals surface area contributed by atoms with Crippen molar-refractivity contribution < 1.29 is 4.39 Å². The molecule has 0 aliphatic heterocycles. The summed E-state index contributed by atoms with van der Waals surface area (Å²) in [6.45, 7) is 0. The largest absolute Gasteiger partial charge is 0.259 e. The lowest BCUT2D eigenvalue weighted by Crippen LogP contribution is -1.87. The Morgan fingerprint density at radius 3 is 2.44 bits per heavy atom. The van der Waals surface area contributed by atoms with Crippen LogP contribution in [0.1, 0.15) is 0 Å². The minimum atomic E-state index is -0.268. The van der Waals surface area contributed by atoms with Gasteiger partial charge in [-0.2, -0.15) is 5.10 Å². The summed E-state index contributed by atoms with van der Waals surface area (Å²) in [5.74, 6) is 0.295. The zero-order valence-corrected chi connectivity index (χ0v) is 9.47. The molecule has 18 heavy (non-hydrogen) atoms. The lowest BCUT2D eigenvalue weighted by molar-refractivity contribution is 0.631. The molecule has 0 saturated carbocycles. The van der Waals surface area contributed by atoms with Crippen molar-refractivity contribution in [1.29, 1.82) is 0 Å². The lowest BCUT2D eigenvalue weighted by atomic mass is 10.0. The topological polar surface area (TPSA) is 41.6 Å². The zero-order valence-electron chi connectivity index (χ0n) is 9.47. The summed E-state index contributed by atoms with van der Waals surface area (Å²) in [4.78, 5) is 4.00. The van der Waals surface area contributed by atoms with Crippen molar-refractivity contribution in [1.82, 2.24) is 15.2 Å². The molecule has 0 amide bonds. The number of nitrogens with zero attached hydrogens (tertiary/aromatic N) is 2. The van der Waals surface area contributed by atoms with Crippen LogP contribution < -0.4 is 0 Å². The first-order chi connectivity index (χ1) is 8.84. The van der Waals surface area contributed by atoms with Gasteiger partial charge in [0.05, 0.1) is 0 Å². The van der Waals surface area contributed by atoms with Crippen LogP contribution in [-0.4, -0.2) is 15.2 Å². The summed E-state index contributed by atoms with van der Waals surface area (Å²) in [6.07, 6.45) is 1.40. The summed E-state index contributed by atoms with van der Waals surface area (Å²) >= 11 is 0. The first-order valence-corrected chi connectivity index (χ1v) is 5.55. The van der Waals surface area contributed by atoms with E-state index in [-0.39, 0.29) is 5.82 Å². The van der Waals surface area contributed by atoms with Crippen molar-refractivity contribution in [3.63, 3.8) is 0 Å². The van der Waals surface area contributed by atoms with Gasteiger partial charge in [-0.15, -0.1) is 0 Å². The lowest BCUT2D eigenvalue weighted by Gasteiger charge is -2.04. The van der Waals surface area contributed by atoms with E-state index < -0.39 is 0 Å². The SMILES string of the molecule is Fc1cc(-c2ncn[nH]2)ccc1-c1ccccc1. The first kappa shape index (κ1) is 10.7. The number of hydrogen-bond acceptors (Lipinski definition) is 2. The van der Waals surface area contributed by atoms with Crippen LogP contribution in [0.3, 0.4) is 0 Å². The van der Waals surface area contributed by atoms with Crippen LogP contribution in [-0.2, 0) is 0 Å². The molecule has 3 nitrogen and oxygen atoms in total. The molecule has 0 bridgehead atoms. The Bertz CT molecular complexity index is 648. The molecule has 0 atom stereocenters. The second kappa shape index (κ2) is 4.41. The molecule has 0 fully saturated rings. The highest BCUT2D eigenvalue weighted by atomic mass is 19.1. The van der Waals surface area contributed by atoms with Gasteiger partial charge in [0.25, 0.3) is 0 Å². The summed E-state index contributed by atoms with van der Waals surface area (Å²) < 4.78 is 14.1. The highest BCUT2D eigenvalue weighted by Gasteiger charge is 2.08. The maximum Gasteiger partial charge on any atom is 0.155 e. The van der Waals surface area contributed by atoms with Gasteiger partial charge in [-0.25, -0.2) is 9.37 Å². The van der Waals surface area contributed by atoms with Crippen molar-refractivity contribution in [2.45, 2.75) is 0 Å². The average molecular weight is 239 g/mol. The highest BCUT2D eigenvalue weighted by molar-refractivity contribution is 5.68. The third-order valence-corrected chi connectivity index (χ3v) is 2.74. The quantitative estimate of drug-likeness (QED) is 0.745. The van der Waals surface area contributed by atoms with Crippen LogP contribution in [0.25, 0.3) is 22.5 Å². The molecule has 0 aliphatic carbocycles. The van der Waals surface area contributed by atoms with Crippen LogP contribution in [0.15, 0.2) is 54.9 Å². The Morgan fingerprint density at radius 2 is 1.78 bits per heavy atom. The third kappa shape index (κ3) is 1.88. The van der Waals surface area contributed by atoms with Crippen LogP contribution in [0.4, 0.5) is 4.39 Å². The molecule has 0 radical (unpaired) electrons. The monoisotopic (exact) mass is 239 g/mol. The van der Waals surface area contributed by atoms with E-state index in [1.54, 1.807) is 6.07 Å². The fourth-order valence-corrected chi connectivity index (χ4v) is 1.86. The highest BCUT2D eigenvalue weighted by Crippen LogP contribution is 2.26. The summed E-state index contributed by atoms with van der Waals surface area (Å²) in [5, 5.41) is 6.46. The predicted molar refractivity (Wildman–Crippen MR) is 67.2 cm³/mol. The third-order valence-electron chi connectivity index (χ3n) is 2.74. The van der Waals surface area contributed by atoms with E-state index in [0.717, 1.165) is 5.56 Å². The number of aromatic amines is 1. The number of aromatic nitrogens is 3. The Labute approximate surface area is 103 Å². The van der Waals surface area contributed by atoms with Crippen molar-refractivity contribution in [2.24, 2.45) is 0 Å². The first-order valence-electron chi connectivity index (χ1n) is 5.55. The number of benzene rings is 2. The molecule has 0 aliphatic rings. The molecule has 1 N–H and O–H groups in total. The molecular formula is C14H10FN3. The molecule has 4 heteroatoms. The second-order valence-corrected chi connectivity index (χ2v) is 3.89. The molecule has 0 saturated heterocycles. The zero-order chi connectivity index (χ0) is 12.4. The predicted octanol–water partition coefficient (Wildman–Crippen LogP) is 3.28. The van der Waals surface area contributed by atoms with Gasteiger partial charge in [0.15, 0.2) is 5.82 Å². The van der Waals surface area contributed by atoms with Gasteiger partial charge < -0.3 is 0 Å². The normalized spacial score (nSPS) is 10.5. The molecule has 1 aromatic heterocycles. The van der Waals surface area contributed by atoms with E-state index in [0.29, 0.717) is 17.0 Å². The van der Waals surface area contributed by atoms with Gasteiger partial charge in [-0.05, 0) is 11.6 Å². The smallest absolute Gasteiger partial charge is 0.155 e. The van der Waals surface area contributed by atoms with E-state index in [2.05, 4.69) is 15.2 Å². The van der Waals surface area contributed by atoms with Gasteiger partial charge in [-0.1, -0.05) is 42.5 Å². The van der Waals surface area contributed by atoms with E-state index >= 15 is 0 Å². The number of halogens is 1. The van der Waals surface area contributed by atoms with Crippen molar-refractivity contribution in [3.05, 3.63) is 60.7 Å². The van der Waals surface area contributed by atoms with Gasteiger partial charge in [0.2, 0.25) is 0 Å². The maximum absolute atomic E-state index is 14.1. The summed E-state index contributed by atoms with van der Waals surface area (Å²) in [5.41, 5.74) is 2.13. The molecular weight excluding hydrogens is 229 g/mol. The fraction of sp³-hybridized carbons (Fsp3) is 0. The molecule has 0 spiro atoms.